The highest BCUT2D eigenvalue weighted by atomic mass is 16.6. The zero-order chi connectivity index (χ0) is 15.8. The van der Waals surface area contributed by atoms with Gasteiger partial charge in [0.15, 0.2) is 5.70 Å². The molecule has 4 nitrogen and oxygen atoms in total. The predicted molar refractivity (Wildman–Crippen MR) is 89.6 cm³/mol. The summed E-state index contributed by atoms with van der Waals surface area (Å²) in [7, 11) is 1.87. The molecular formula is C19H14N2O2. The van der Waals surface area contributed by atoms with Crippen LogP contribution in [0, 0.1) is 0 Å². The fourth-order valence-electron chi connectivity index (χ4n) is 2.68. The number of esters is 1. The third kappa shape index (κ3) is 2.34. The summed E-state index contributed by atoms with van der Waals surface area (Å²) in [4.78, 5) is 18.5. The second-order valence-corrected chi connectivity index (χ2v) is 5.41. The molecule has 0 bridgehead atoms. The smallest absolute Gasteiger partial charge is 0.366 e. The van der Waals surface area contributed by atoms with Gasteiger partial charge in [0.1, 0.15) is 0 Å². The molecule has 4 rings (SSSR count). The Kier molecular flexibility index (Phi) is 3.08. The summed E-state index contributed by atoms with van der Waals surface area (Å²) < 4.78 is 5.38. The second kappa shape index (κ2) is 5.25. The Hall–Kier alpha value is -3.14. The van der Waals surface area contributed by atoms with E-state index in [1.807, 2.05) is 78.8 Å². The SMILES string of the molecule is CN1C=CC=CC1=C1N=C(c2ccc3ccccc3c2)OC1=O. The van der Waals surface area contributed by atoms with Gasteiger partial charge in [-0.05, 0) is 35.1 Å². The number of benzene rings is 2. The van der Waals surface area contributed by atoms with Crippen LogP contribution in [0.1, 0.15) is 5.56 Å². The highest BCUT2D eigenvalue weighted by molar-refractivity contribution is 6.12. The summed E-state index contributed by atoms with van der Waals surface area (Å²) in [5.74, 6) is -0.0745. The van der Waals surface area contributed by atoms with Crippen LogP contribution in [0.25, 0.3) is 10.8 Å². The Morgan fingerprint density at radius 1 is 1.04 bits per heavy atom. The van der Waals surface area contributed by atoms with Crippen molar-refractivity contribution in [2.45, 2.75) is 0 Å². The van der Waals surface area contributed by atoms with Crippen LogP contribution in [-0.2, 0) is 9.53 Å². The molecule has 0 saturated carbocycles. The molecule has 0 unspecified atom stereocenters. The Bertz CT molecular complexity index is 935. The molecule has 2 aromatic rings. The Morgan fingerprint density at radius 3 is 2.70 bits per heavy atom. The lowest BCUT2D eigenvalue weighted by Crippen LogP contribution is -2.15. The quantitative estimate of drug-likeness (QED) is 0.599. The first-order valence-electron chi connectivity index (χ1n) is 7.34. The normalized spacial score (nSPS) is 20.1. The molecular weight excluding hydrogens is 288 g/mol. The molecule has 2 aliphatic rings. The minimum atomic E-state index is -0.421. The molecule has 2 aromatic carbocycles. The Labute approximate surface area is 133 Å². The van der Waals surface area contributed by atoms with Gasteiger partial charge in [-0.2, -0.15) is 0 Å². The van der Waals surface area contributed by atoms with Crippen molar-refractivity contribution in [3.8, 4) is 0 Å². The van der Waals surface area contributed by atoms with Crippen molar-refractivity contribution in [2.24, 2.45) is 4.99 Å². The van der Waals surface area contributed by atoms with E-state index >= 15 is 0 Å². The number of aliphatic imine (C=N–C) groups is 1. The molecule has 23 heavy (non-hydrogen) atoms. The molecule has 0 aliphatic carbocycles. The maximum absolute atomic E-state index is 12.2. The number of cyclic esters (lactones) is 1. The number of carbonyl (C=O) groups excluding carboxylic acids is 1. The van der Waals surface area contributed by atoms with Crippen LogP contribution in [0.2, 0.25) is 0 Å². The summed E-state index contributed by atoms with van der Waals surface area (Å²) in [6.45, 7) is 0. The van der Waals surface area contributed by atoms with E-state index in [0.717, 1.165) is 22.0 Å². The van der Waals surface area contributed by atoms with E-state index in [-0.39, 0.29) is 0 Å². The molecule has 0 radical (unpaired) electrons. The van der Waals surface area contributed by atoms with Crippen LogP contribution in [0.5, 0.6) is 0 Å². The van der Waals surface area contributed by atoms with Gasteiger partial charge in [0, 0.05) is 18.8 Å². The lowest BCUT2D eigenvalue weighted by Gasteiger charge is -2.17. The van der Waals surface area contributed by atoms with Gasteiger partial charge in [0.05, 0.1) is 5.70 Å². The van der Waals surface area contributed by atoms with E-state index in [4.69, 9.17) is 4.74 Å². The molecule has 4 heteroatoms. The van der Waals surface area contributed by atoms with Gasteiger partial charge in [0.2, 0.25) is 5.90 Å². The van der Waals surface area contributed by atoms with Crippen LogP contribution in [-0.4, -0.2) is 23.8 Å². The van der Waals surface area contributed by atoms with Gasteiger partial charge in [0.25, 0.3) is 0 Å². The number of ether oxygens (including phenoxy) is 1. The Balaban J connectivity index is 1.78. The van der Waals surface area contributed by atoms with E-state index < -0.39 is 5.97 Å². The van der Waals surface area contributed by atoms with E-state index in [9.17, 15) is 4.79 Å². The number of likely N-dealkylation sites (N-methyl/N-ethyl adjacent to an activating group) is 1. The first-order chi connectivity index (χ1) is 11.2. The monoisotopic (exact) mass is 302 g/mol. The molecule has 0 spiro atoms. The maximum Gasteiger partial charge on any atom is 0.366 e. The Morgan fingerprint density at radius 2 is 1.87 bits per heavy atom. The van der Waals surface area contributed by atoms with Crippen LogP contribution >= 0.6 is 0 Å². The average molecular weight is 302 g/mol. The fourth-order valence-corrected chi connectivity index (χ4v) is 2.68. The molecule has 0 fully saturated rings. The molecule has 0 saturated heterocycles. The van der Waals surface area contributed by atoms with Crippen LogP contribution < -0.4 is 0 Å². The zero-order valence-electron chi connectivity index (χ0n) is 12.6. The van der Waals surface area contributed by atoms with Crippen molar-refractivity contribution < 1.29 is 9.53 Å². The predicted octanol–water partition coefficient (Wildman–Crippen LogP) is 3.37. The number of hydrogen-bond acceptors (Lipinski definition) is 4. The molecule has 0 aromatic heterocycles. The third-order valence-electron chi connectivity index (χ3n) is 3.89. The highest BCUT2D eigenvalue weighted by Gasteiger charge is 2.28. The van der Waals surface area contributed by atoms with Crippen LogP contribution in [0.4, 0.5) is 0 Å². The first kappa shape index (κ1) is 13.5. The largest absolute Gasteiger partial charge is 0.402 e. The number of allylic oxidation sites excluding steroid dienone is 3. The summed E-state index contributed by atoms with van der Waals surface area (Å²) in [5, 5.41) is 2.22. The van der Waals surface area contributed by atoms with Gasteiger partial charge in [-0.1, -0.05) is 36.4 Å². The maximum atomic E-state index is 12.2. The molecule has 0 N–H and O–H groups in total. The topological polar surface area (TPSA) is 41.9 Å². The standard InChI is InChI=1S/C19H14N2O2/c1-21-11-5-4-8-16(21)17-19(22)23-18(20-17)15-10-9-13-6-2-3-7-14(13)12-15/h2-12H,1H3. The van der Waals surface area contributed by atoms with Gasteiger partial charge in [-0.15, -0.1) is 0 Å². The first-order valence-corrected chi connectivity index (χ1v) is 7.34. The molecule has 0 atom stereocenters. The summed E-state index contributed by atoms with van der Waals surface area (Å²) in [5.41, 5.74) is 1.86. The van der Waals surface area contributed by atoms with Crippen molar-refractivity contribution in [3.05, 3.63) is 83.9 Å². The average Bonchev–Trinajstić information content (AvgIpc) is 2.96. The number of hydrogen-bond donors (Lipinski definition) is 0. The third-order valence-corrected chi connectivity index (χ3v) is 3.89. The van der Waals surface area contributed by atoms with Crippen LogP contribution in [0.15, 0.2) is 83.3 Å². The van der Waals surface area contributed by atoms with Crippen molar-refractivity contribution in [2.75, 3.05) is 7.05 Å². The minimum absolute atomic E-state index is 0.330. The van der Waals surface area contributed by atoms with E-state index in [1.54, 1.807) is 0 Å². The van der Waals surface area contributed by atoms with Crippen molar-refractivity contribution in [1.82, 2.24) is 4.90 Å². The summed E-state index contributed by atoms with van der Waals surface area (Å²) >= 11 is 0. The van der Waals surface area contributed by atoms with E-state index in [2.05, 4.69) is 4.99 Å². The molecule has 0 amide bonds. The second-order valence-electron chi connectivity index (χ2n) is 5.41. The summed E-state index contributed by atoms with van der Waals surface area (Å²) in [6, 6.07) is 14.0. The van der Waals surface area contributed by atoms with Crippen molar-refractivity contribution in [3.63, 3.8) is 0 Å². The van der Waals surface area contributed by atoms with Crippen molar-refractivity contribution >= 4 is 22.6 Å². The van der Waals surface area contributed by atoms with Crippen LogP contribution in [0.3, 0.4) is 0 Å². The van der Waals surface area contributed by atoms with E-state index in [1.165, 1.54) is 0 Å². The number of nitrogens with zero attached hydrogens (tertiary/aromatic N) is 2. The minimum Gasteiger partial charge on any atom is -0.402 e. The number of rotatable bonds is 1. The number of carbonyl (C=O) groups is 1. The number of fused-ring (bicyclic) bond motifs is 1. The fraction of sp³-hybridized carbons (Fsp3) is 0.0526. The van der Waals surface area contributed by atoms with Gasteiger partial charge in [-0.3, -0.25) is 0 Å². The van der Waals surface area contributed by atoms with Gasteiger partial charge < -0.3 is 9.64 Å². The molecule has 112 valence electrons. The van der Waals surface area contributed by atoms with Gasteiger partial charge >= 0.3 is 5.97 Å². The lowest BCUT2D eigenvalue weighted by molar-refractivity contribution is -0.130. The zero-order valence-corrected chi connectivity index (χ0v) is 12.6. The van der Waals surface area contributed by atoms with E-state index in [0.29, 0.717) is 11.6 Å². The lowest BCUT2D eigenvalue weighted by atomic mass is 10.1. The van der Waals surface area contributed by atoms with Gasteiger partial charge in [-0.25, -0.2) is 9.79 Å². The van der Waals surface area contributed by atoms with Crippen molar-refractivity contribution in [1.29, 1.82) is 0 Å². The molecule has 2 heterocycles. The molecule has 2 aliphatic heterocycles. The summed E-state index contributed by atoms with van der Waals surface area (Å²) in [6.07, 6.45) is 7.50. The highest BCUT2D eigenvalue weighted by Crippen LogP contribution is 2.25.